The summed E-state index contributed by atoms with van der Waals surface area (Å²) in [5, 5.41) is 6.33. The fourth-order valence-electron chi connectivity index (χ4n) is 3.96. The minimum Gasteiger partial charge on any atom is -0.447 e. The topological polar surface area (TPSA) is 95.6 Å². The van der Waals surface area contributed by atoms with Crippen LogP contribution in [0.2, 0.25) is 0 Å². The summed E-state index contributed by atoms with van der Waals surface area (Å²) in [5.74, 6) is 0.0134. The third kappa shape index (κ3) is 3.62. The lowest BCUT2D eigenvalue weighted by atomic mass is 9.88. The monoisotopic (exact) mass is 382 g/mol. The number of carbonyl (C=O) groups excluding carboxylic acids is 2. The zero-order valence-corrected chi connectivity index (χ0v) is 15.5. The summed E-state index contributed by atoms with van der Waals surface area (Å²) in [6.45, 7) is 1.69. The van der Waals surface area contributed by atoms with E-state index >= 15 is 0 Å². The molecule has 8 heteroatoms. The quantitative estimate of drug-likeness (QED) is 0.832. The number of ether oxygens (including phenoxy) is 1. The molecule has 0 bridgehead atoms. The lowest BCUT2D eigenvalue weighted by Crippen LogP contribution is -2.63. The van der Waals surface area contributed by atoms with Crippen molar-refractivity contribution in [3.05, 3.63) is 64.1 Å². The van der Waals surface area contributed by atoms with Crippen molar-refractivity contribution in [1.82, 2.24) is 20.0 Å². The van der Waals surface area contributed by atoms with E-state index in [1.165, 1.54) is 6.07 Å². The number of cyclic esters (lactones) is 1. The van der Waals surface area contributed by atoms with Gasteiger partial charge in [0.25, 0.3) is 5.56 Å². The molecule has 8 nitrogen and oxygen atoms in total. The fraction of sp³-hybridized carbons (Fsp3) is 0.400. The molecule has 1 aromatic heterocycles. The third-order valence-electron chi connectivity index (χ3n) is 5.40. The van der Waals surface area contributed by atoms with Crippen molar-refractivity contribution < 1.29 is 14.3 Å². The van der Waals surface area contributed by atoms with Crippen LogP contribution in [0, 0.1) is 0 Å². The molecule has 1 N–H and O–H groups in total. The molecule has 0 saturated carbocycles. The van der Waals surface area contributed by atoms with Gasteiger partial charge in [0.05, 0.1) is 5.69 Å². The van der Waals surface area contributed by atoms with Crippen LogP contribution in [0.1, 0.15) is 17.7 Å². The molecule has 2 aliphatic rings. The summed E-state index contributed by atoms with van der Waals surface area (Å²) in [6.07, 6.45) is 1.09. The molecule has 3 heterocycles. The summed E-state index contributed by atoms with van der Waals surface area (Å²) < 4.78 is 5.35. The van der Waals surface area contributed by atoms with Crippen LogP contribution in [0.5, 0.6) is 0 Å². The van der Waals surface area contributed by atoms with E-state index in [2.05, 4.69) is 10.2 Å². The van der Waals surface area contributed by atoms with Crippen molar-refractivity contribution in [2.24, 2.45) is 0 Å². The summed E-state index contributed by atoms with van der Waals surface area (Å²) in [4.78, 5) is 39.6. The maximum absolute atomic E-state index is 12.8. The van der Waals surface area contributed by atoms with Crippen molar-refractivity contribution >= 4 is 12.0 Å². The Balaban J connectivity index is 1.45. The standard InChI is InChI=1S/C20H22N4O4/c25-17-8-6-16(21-22-17)7-9-18(26)23-10-11-24-19(27)28-14-20(24,13-23)12-15-4-2-1-3-5-15/h1-6,8H,7,9-14H2,(H,22,25). The van der Waals surface area contributed by atoms with Gasteiger partial charge in [0, 0.05) is 45.0 Å². The highest BCUT2D eigenvalue weighted by Gasteiger charge is 2.51. The number of hydrogen-bond acceptors (Lipinski definition) is 5. The van der Waals surface area contributed by atoms with E-state index in [0.717, 1.165) is 5.56 Å². The van der Waals surface area contributed by atoms with Gasteiger partial charge in [-0.2, -0.15) is 5.10 Å². The van der Waals surface area contributed by atoms with Crippen LogP contribution in [0.25, 0.3) is 0 Å². The first kappa shape index (κ1) is 18.2. The van der Waals surface area contributed by atoms with Crippen LogP contribution in [0.15, 0.2) is 47.3 Å². The van der Waals surface area contributed by atoms with Gasteiger partial charge in [-0.1, -0.05) is 30.3 Å². The molecular weight excluding hydrogens is 360 g/mol. The number of amides is 2. The van der Waals surface area contributed by atoms with Crippen LogP contribution >= 0.6 is 0 Å². The number of aryl methyl sites for hydroxylation is 1. The number of piperazine rings is 1. The summed E-state index contributed by atoms with van der Waals surface area (Å²) in [6, 6.07) is 13.0. The first-order valence-electron chi connectivity index (χ1n) is 9.36. The number of H-pyrrole nitrogens is 1. The maximum Gasteiger partial charge on any atom is 0.410 e. The molecule has 2 aromatic rings. The van der Waals surface area contributed by atoms with Crippen molar-refractivity contribution in [2.75, 3.05) is 26.2 Å². The molecule has 2 fully saturated rings. The zero-order chi connectivity index (χ0) is 19.6. The normalized spacial score (nSPS) is 21.4. The smallest absolute Gasteiger partial charge is 0.410 e. The molecule has 0 spiro atoms. The molecule has 1 aromatic carbocycles. The Morgan fingerprint density at radius 1 is 1.14 bits per heavy atom. The van der Waals surface area contributed by atoms with Crippen molar-refractivity contribution in [1.29, 1.82) is 0 Å². The second kappa shape index (κ2) is 7.46. The summed E-state index contributed by atoms with van der Waals surface area (Å²) in [7, 11) is 0. The Kier molecular flexibility index (Phi) is 4.85. The number of benzene rings is 1. The van der Waals surface area contributed by atoms with E-state index in [1.54, 1.807) is 11.0 Å². The van der Waals surface area contributed by atoms with Crippen LogP contribution in [-0.4, -0.2) is 63.8 Å². The van der Waals surface area contributed by atoms with Gasteiger partial charge >= 0.3 is 6.09 Å². The number of rotatable bonds is 5. The average molecular weight is 382 g/mol. The number of nitrogens with one attached hydrogen (secondary N) is 1. The van der Waals surface area contributed by atoms with Crippen LogP contribution in [0.4, 0.5) is 4.79 Å². The van der Waals surface area contributed by atoms with E-state index in [0.29, 0.717) is 44.6 Å². The minimum absolute atomic E-state index is 0.0134. The molecule has 146 valence electrons. The van der Waals surface area contributed by atoms with Crippen molar-refractivity contribution in [3.63, 3.8) is 0 Å². The number of nitrogens with zero attached hydrogens (tertiary/aromatic N) is 3. The van der Waals surface area contributed by atoms with Crippen LogP contribution in [0.3, 0.4) is 0 Å². The second-order valence-corrected chi connectivity index (χ2v) is 7.32. The molecule has 2 amide bonds. The lowest BCUT2D eigenvalue weighted by molar-refractivity contribution is -0.135. The Labute approximate surface area is 162 Å². The number of aromatic amines is 1. The Hall–Kier alpha value is -3.16. The maximum atomic E-state index is 12.8. The van der Waals surface area contributed by atoms with Gasteiger partial charge in [0.1, 0.15) is 12.1 Å². The van der Waals surface area contributed by atoms with E-state index in [4.69, 9.17) is 4.74 Å². The molecule has 28 heavy (non-hydrogen) atoms. The Morgan fingerprint density at radius 3 is 2.71 bits per heavy atom. The Morgan fingerprint density at radius 2 is 1.96 bits per heavy atom. The van der Waals surface area contributed by atoms with Gasteiger partial charge in [-0.25, -0.2) is 9.89 Å². The SMILES string of the molecule is O=C(CCc1ccc(=O)[nH]n1)N1CCN2C(=O)OCC2(Cc2ccccc2)C1. The van der Waals surface area contributed by atoms with Gasteiger partial charge in [0.2, 0.25) is 5.91 Å². The lowest BCUT2D eigenvalue weighted by Gasteiger charge is -2.44. The number of aromatic nitrogens is 2. The predicted molar refractivity (Wildman–Crippen MR) is 101 cm³/mol. The first-order chi connectivity index (χ1) is 13.6. The van der Waals surface area contributed by atoms with Gasteiger partial charge in [-0.15, -0.1) is 0 Å². The van der Waals surface area contributed by atoms with Gasteiger partial charge in [-0.05, 0) is 11.6 Å². The van der Waals surface area contributed by atoms with Gasteiger partial charge in [-0.3, -0.25) is 14.5 Å². The van der Waals surface area contributed by atoms with Crippen molar-refractivity contribution in [3.8, 4) is 0 Å². The molecule has 0 radical (unpaired) electrons. The largest absolute Gasteiger partial charge is 0.447 e. The molecule has 0 aliphatic carbocycles. The number of carbonyl (C=O) groups is 2. The molecule has 1 unspecified atom stereocenters. The van der Waals surface area contributed by atoms with Gasteiger partial charge < -0.3 is 9.64 Å². The number of fused-ring (bicyclic) bond motifs is 1. The highest BCUT2D eigenvalue weighted by Crippen LogP contribution is 2.32. The zero-order valence-electron chi connectivity index (χ0n) is 15.5. The fourth-order valence-corrected chi connectivity index (χ4v) is 3.96. The third-order valence-corrected chi connectivity index (χ3v) is 5.40. The second-order valence-electron chi connectivity index (χ2n) is 7.32. The first-order valence-corrected chi connectivity index (χ1v) is 9.36. The molecule has 1 atom stereocenters. The highest BCUT2D eigenvalue weighted by molar-refractivity contribution is 5.78. The Bertz CT molecular complexity index is 909. The van der Waals surface area contributed by atoms with E-state index in [9.17, 15) is 14.4 Å². The predicted octanol–water partition coefficient (Wildman–Crippen LogP) is 0.978. The van der Waals surface area contributed by atoms with Crippen LogP contribution in [-0.2, 0) is 22.4 Å². The summed E-state index contributed by atoms with van der Waals surface area (Å²) >= 11 is 0. The number of hydrogen-bond donors (Lipinski definition) is 1. The summed E-state index contributed by atoms with van der Waals surface area (Å²) in [5.41, 5.74) is 0.991. The highest BCUT2D eigenvalue weighted by atomic mass is 16.6. The van der Waals surface area contributed by atoms with E-state index in [1.807, 2.05) is 35.2 Å². The van der Waals surface area contributed by atoms with E-state index < -0.39 is 5.54 Å². The molecule has 4 rings (SSSR count). The molecule has 2 aliphatic heterocycles. The van der Waals surface area contributed by atoms with Gasteiger partial charge in [0.15, 0.2) is 0 Å². The minimum atomic E-state index is -0.525. The van der Waals surface area contributed by atoms with Crippen molar-refractivity contribution in [2.45, 2.75) is 24.8 Å². The average Bonchev–Trinajstić information content (AvgIpc) is 3.04. The molecule has 2 saturated heterocycles. The van der Waals surface area contributed by atoms with Crippen LogP contribution < -0.4 is 5.56 Å². The van der Waals surface area contributed by atoms with E-state index in [-0.39, 0.29) is 24.2 Å². The molecular formula is C20H22N4O4.